The van der Waals surface area contributed by atoms with Crippen LogP contribution in [-0.4, -0.2) is 36.0 Å². The molecule has 1 N–H and O–H groups in total. The molecule has 2 aliphatic heterocycles. The fourth-order valence-corrected chi connectivity index (χ4v) is 2.89. The summed E-state index contributed by atoms with van der Waals surface area (Å²) in [5.74, 6) is 1.01. The second kappa shape index (κ2) is 4.52. The van der Waals surface area contributed by atoms with Crippen molar-refractivity contribution in [2.24, 2.45) is 5.92 Å². The largest absolute Gasteiger partial charge is 0.337 e. The van der Waals surface area contributed by atoms with E-state index >= 15 is 0 Å². The molecule has 2 unspecified atom stereocenters. The average Bonchev–Trinajstić information content (AvgIpc) is 2.22. The Morgan fingerprint density at radius 1 is 1.47 bits per heavy atom. The van der Waals surface area contributed by atoms with Gasteiger partial charge in [0.05, 0.1) is 6.54 Å². The summed E-state index contributed by atoms with van der Waals surface area (Å²) in [7, 11) is 0. The van der Waals surface area contributed by atoms with E-state index in [1.54, 1.807) is 0 Å². The zero-order valence-electron chi connectivity index (χ0n) is 9.83. The van der Waals surface area contributed by atoms with Gasteiger partial charge in [-0.25, -0.2) is 0 Å². The first kappa shape index (κ1) is 10.9. The number of nitrogens with zero attached hydrogens (tertiary/aromatic N) is 1. The van der Waals surface area contributed by atoms with Crippen LogP contribution in [0.5, 0.6) is 0 Å². The molecule has 0 aliphatic carbocycles. The molecule has 3 heteroatoms. The van der Waals surface area contributed by atoms with Gasteiger partial charge in [0.25, 0.3) is 0 Å². The summed E-state index contributed by atoms with van der Waals surface area (Å²) < 4.78 is 0. The third kappa shape index (κ3) is 2.33. The van der Waals surface area contributed by atoms with Crippen LogP contribution in [0.25, 0.3) is 0 Å². The average molecular weight is 210 g/mol. The van der Waals surface area contributed by atoms with Gasteiger partial charge in [0.1, 0.15) is 0 Å². The fraction of sp³-hybridized carbons (Fsp3) is 0.917. The number of rotatable bonds is 2. The Kier molecular flexibility index (Phi) is 3.29. The number of carbonyl (C=O) groups excluding carboxylic acids is 1. The number of fused-ring (bicyclic) bond motifs is 1. The molecule has 0 aromatic rings. The van der Waals surface area contributed by atoms with Crippen molar-refractivity contribution < 1.29 is 4.79 Å². The number of piperazine rings is 1. The van der Waals surface area contributed by atoms with Gasteiger partial charge in [0, 0.05) is 18.6 Å². The number of piperidine rings is 1. The summed E-state index contributed by atoms with van der Waals surface area (Å²) in [6, 6.07) is 1.00. The van der Waals surface area contributed by atoms with Gasteiger partial charge in [-0.3, -0.25) is 4.79 Å². The molecule has 2 saturated heterocycles. The molecule has 0 saturated carbocycles. The number of hydrogen-bond acceptors (Lipinski definition) is 2. The van der Waals surface area contributed by atoms with Crippen molar-refractivity contribution in [3.8, 4) is 0 Å². The van der Waals surface area contributed by atoms with E-state index in [1.165, 1.54) is 25.7 Å². The van der Waals surface area contributed by atoms with Gasteiger partial charge in [-0.15, -0.1) is 0 Å². The summed E-state index contributed by atoms with van der Waals surface area (Å²) in [6.45, 7) is 6.05. The lowest BCUT2D eigenvalue weighted by Crippen LogP contribution is -2.62. The molecule has 0 bridgehead atoms. The lowest BCUT2D eigenvalue weighted by Gasteiger charge is -2.45. The van der Waals surface area contributed by atoms with Gasteiger partial charge in [-0.2, -0.15) is 0 Å². The first-order valence-electron chi connectivity index (χ1n) is 6.21. The second-order valence-corrected chi connectivity index (χ2v) is 5.27. The highest BCUT2D eigenvalue weighted by Crippen LogP contribution is 2.25. The number of amides is 1. The summed E-state index contributed by atoms with van der Waals surface area (Å²) in [5, 5.41) is 3.41. The van der Waals surface area contributed by atoms with Crippen LogP contribution in [0.2, 0.25) is 0 Å². The Labute approximate surface area is 92.2 Å². The minimum absolute atomic E-state index is 0.305. The van der Waals surface area contributed by atoms with Crippen molar-refractivity contribution in [1.82, 2.24) is 10.2 Å². The zero-order chi connectivity index (χ0) is 10.8. The van der Waals surface area contributed by atoms with E-state index in [9.17, 15) is 4.79 Å². The van der Waals surface area contributed by atoms with E-state index in [-0.39, 0.29) is 0 Å². The van der Waals surface area contributed by atoms with Crippen LogP contribution < -0.4 is 5.32 Å². The van der Waals surface area contributed by atoms with Crippen molar-refractivity contribution in [3.63, 3.8) is 0 Å². The maximum Gasteiger partial charge on any atom is 0.236 e. The molecule has 0 radical (unpaired) electrons. The quantitative estimate of drug-likeness (QED) is 0.747. The Morgan fingerprint density at radius 3 is 3.00 bits per heavy atom. The van der Waals surface area contributed by atoms with Crippen molar-refractivity contribution in [1.29, 1.82) is 0 Å². The second-order valence-electron chi connectivity index (χ2n) is 5.27. The zero-order valence-corrected chi connectivity index (χ0v) is 9.83. The maximum atomic E-state index is 11.7. The fourth-order valence-electron chi connectivity index (χ4n) is 2.89. The minimum Gasteiger partial charge on any atom is -0.337 e. The summed E-state index contributed by atoms with van der Waals surface area (Å²) in [5.41, 5.74) is 0. The van der Waals surface area contributed by atoms with Gasteiger partial charge < -0.3 is 10.2 Å². The third-order valence-corrected chi connectivity index (χ3v) is 3.57. The normalized spacial score (nSPS) is 31.9. The van der Waals surface area contributed by atoms with Crippen LogP contribution in [0.4, 0.5) is 0 Å². The van der Waals surface area contributed by atoms with Gasteiger partial charge in [0.15, 0.2) is 0 Å². The van der Waals surface area contributed by atoms with Crippen molar-refractivity contribution in [2.75, 3.05) is 13.1 Å². The Balaban J connectivity index is 2.03. The van der Waals surface area contributed by atoms with Crippen LogP contribution >= 0.6 is 0 Å². The smallest absolute Gasteiger partial charge is 0.236 e. The van der Waals surface area contributed by atoms with Crippen LogP contribution in [0, 0.1) is 5.92 Å². The lowest BCUT2D eigenvalue weighted by molar-refractivity contribution is -0.138. The topological polar surface area (TPSA) is 32.3 Å². The summed E-state index contributed by atoms with van der Waals surface area (Å²) in [4.78, 5) is 13.8. The highest BCUT2D eigenvalue weighted by Gasteiger charge is 2.36. The van der Waals surface area contributed by atoms with Crippen molar-refractivity contribution in [3.05, 3.63) is 0 Å². The minimum atomic E-state index is 0.305. The molecule has 0 aromatic carbocycles. The lowest BCUT2D eigenvalue weighted by atomic mass is 9.88. The van der Waals surface area contributed by atoms with Gasteiger partial charge in [-0.1, -0.05) is 13.8 Å². The molecule has 1 amide bonds. The molecule has 15 heavy (non-hydrogen) atoms. The number of hydrogen-bond donors (Lipinski definition) is 1. The maximum absolute atomic E-state index is 11.7. The van der Waals surface area contributed by atoms with Gasteiger partial charge >= 0.3 is 0 Å². The molecule has 86 valence electrons. The highest BCUT2D eigenvalue weighted by molar-refractivity contribution is 5.79. The number of nitrogens with one attached hydrogen (secondary N) is 1. The van der Waals surface area contributed by atoms with Crippen LogP contribution in [0.3, 0.4) is 0 Å². The van der Waals surface area contributed by atoms with Crippen molar-refractivity contribution >= 4 is 5.91 Å². The first-order valence-corrected chi connectivity index (χ1v) is 6.21. The Hall–Kier alpha value is -0.570. The Morgan fingerprint density at radius 2 is 2.27 bits per heavy atom. The van der Waals surface area contributed by atoms with Crippen molar-refractivity contribution in [2.45, 2.75) is 51.6 Å². The predicted octanol–water partition coefficient (Wildman–Crippen LogP) is 1.39. The van der Waals surface area contributed by atoms with Crippen LogP contribution in [-0.2, 0) is 4.79 Å². The molecule has 3 nitrogen and oxygen atoms in total. The van der Waals surface area contributed by atoms with Crippen LogP contribution in [0.15, 0.2) is 0 Å². The van der Waals surface area contributed by atoms with E-state index in [2.05, 4.69) is 24.1 Å². The molecule has 2 atom stereocenters. The molecule has 2 fully saturated rings. The summed E-state index contributed by atoms with van der Waals surface area (Å²) in [6.07, 6.45) is 4.85. The van der Waals surface area contributed by atoms with E-state index in [0.717, 1.165) is 6.54 Å². The monoisotopic (exact) mass is 210 g/mol. The van der Waals surface area contributed by atoms with Gasteiger partial charge in [-0.05, 0) is 31.6 Å². The first-order chi connectivity index (χ1) is 7.18. The standard InChI is InChI=1S/C12H22N2O/c1-9(2)7-10-11-5-3-4-6-14(11)12(15)8-13-10/h9-11,13H,3-8H2,1-2H3. The predicted molar refractivity (Wildman–Crippen MR) is 60.6 cm³/mol. The third-order valence-electron chi connectivity index (χ3n) is 3.57. The molecular weight excluding hydrogens is 188 g/mol. The van der Waals surface area contributed by atoms with Crippen LogP contribution in [0.1, 0.15) is 39.5 Å². The Bertz CT molecular complexity index is 240. The molecule has 0 aromatic heterocycles. The van der Waals surface area contributed by atoms with Gasteiger partial charge in [0.2, 0.25) is 5.91 Å². The molecular formula is C12H22N2O. The molecule has 2 aliphatic rings. The van der Waals surface area contributed by atoms with E-state index < -0.39 is 0 Å². The summed E-state index contributed by atoms with van der Waals surface area (Å²) >= 11 is 0. The van der Waals surface area contributed by atoms with E-state index in [1.807, 2.05) is 0 Å². The highest BCUT2D eigenvalue weighted by atomic mass is 16.2. The SMILES string of the molecule is CC(C)CC1NCC(=O)N2CCCCC12. The molecule has 0 spiro atoms. The van der Waals surface area contributed by atoms with E-state index in [4.69, 9.17) is 0 Å². The van der Waals surface area contributed by atoms with E-state index in [0.29, 0.717) is 30.5 Å². The molecule has 2 rings (SSSR count). The number of carbonyl (C=O) groups is 1. The molecule has 2 heterocycles.